The number of anilines is 1. The van der Waals surface area contributed by atoms with E-state index in [9.17, 15) is 4.79 Å². The van der Waals surface area contributed by atoms with Crippen molar-refractivity contribution in [2.45, 2.75) is 11.6 Å². The van der Waals surface area contributed by atoms with Gasteiger partial charge in [0.1, 0.15) is 22.3 Å². The largest absolute Gasteiger partial charge is 0.495 e. The van der Waals surface area contributed by atoms with Crippen LogP contribution >= 0.6 is 23.4 Å². The van der Waals surface area contributed by atoms with E-state index in [2.05, 4.69) is 10.2 Å². The third kappa shape index (κ3) is 5.86. The molecule has 0 atom stereocenters. The topological polar surface area (TPSA) is 85.8 Å². The number of halogens is 1. The third-order valence-corrected chi connectivity index (χ3v) is 6.46. The fourth-order valence-corrected chi connectivity index (χ4v) is 4.58. The number of carbonyl (C=O) groups is 1. The van der Waals surface area contributed by atoms with Crippen LogP contribution in [0.25, 0.3) is 10.9 Å². The van der Waals surface area contributed by atoms with E-state index in [1.807, 2.05) is 24.3 Å². The molecule has 0 bridgehead atoms. The molecule has 0 saturated carbocycles. The first-order valence-electron chi connectivity index (χ1n) is 10.5. The van der Waals surface area contributed by atoms with Gasteiger partial charge < -0.3 is 19.5 Å². The minimum atomic E-state index is -0.194. The van der Waals surface area contributed by atoms with Crippen molar-refractivity contribution in [1.82, 2.24) is 14.9 Å². The molecule has 8 nitrogen and oxygen atoms in total. The Bertz CT molecular complexity index is 1140. The van der Waals surface area contributed by atoms with Crippen LogP contribution in [0.2, 0.25) is 5.02 Å². The molecule has 1 fully saturated rings. The van der Waals surface area contributed by atoms with Crippen LogP contribution < -0.4 is 14.8 Å². The lowest BCUT2D eigenvalue weighted by molar-refractivity contribution is -0.113. The molecule has 2 heterocycles. The first-order valence-corrected chi connectivity index (χ1v) is 11.8. The Labute approximate surface area is 201 Å². The average molecular weight is 489 g/mol. The van der Waals surface area contributed by atoms with Crippen molar-refractivity contribution in [3.63, 3.8) is 0 Å². The van der Waals surface area contributed by atoms with Crippen molar-refractivity contribution >= 4 is 45.9 Å². The summed E-state index contributed by atoms with van der Waals surface area (Å²) >= 11 is 7.53. The Morgan fingerprint density at radius 3 is 2.67 bits per heavy atom. The van der Waals surface area contributed by atoms with Crippen LogP contribution in [0.1, 0.15) is 5.82 Å². The van der Waals surface area contributed by atoms with Gasteiger partial charge in [-0.2, -0.15) is 0 Å². The third-order valence-electron chi connectivity index (χ3n) is 5.17. The Kier molecular flexibility index (Phi) is 7.87. The Morgan fingerprint density at radius 1 is 1.15 bits per heavy atom. The van der Waals surface area contributed by atoms with Crippen LogP contribution in [0, 0.1) is 0 Å². The highest BCUT2D eigenvalue weighted by Gasteiger charge is 2.17. The molecule has 0 aliphatic carbocycles. The maximum absolute atomic E-state index is 12.7. The van der Waals surface area contributed by atoms with Gasteiger partial charge >= 0.3 is 0 Å². The van der Waals surface area contributed by atoms with Gasteiger partial charge in [0.2, 0.25) is 5.91 Å². The summed E-state index contributed by atoms with van der Waals surface area (Å²) in [6.45, 7) is 3.79. The van der Waals surface area contributed by atoms with E-state index in [4.69, 9.17) is 35.8 Å². The predicted molar refractivity (Wildman–Crippen MR) is 130 cm³/mol. The van der Waals surface area contributed by atoms with E-state index in [0.29, 0.717) is 42.0 Å². The molecular weight excluding hydrogens is 464 g/mol. The summed E-state index contributed by atoms with van der Waals surface area (Å²) in [6.07, 6.45) is 0. The number of nitrogens with zero attached hydrogens (tertiary/aromatic N) is 3. The van der Waals surface area contributed by atoms with Crippen LogP contribution in [-0.2, 0) is 16.1 Å². The van der Waals surface area contributed by atoms with E-state index in [1.165, 1.54) is 26.0 Å². The zero-order chi connectivity index (χ0) is 23.2. The van der Waals surface area contributed by atoms with E-state index >= 15 is 0 Å². The summed E-state index contributed by atoms with van der Waals surface area (Å²) in [5.74, 6) is 1.63. The normalized spacial score (nSPS) is 14.3. The van der Waals surface area contributed by atoms with Crippen molar-refractivity contribution in [3.8, 4) is 11.5 Å². The maximum atomic E-state index is 12.7. The van der Waals surface area contributed by atoms with Gasteiger partial charge in [-0.1, -0.05) is 41.6 Å². The van der Waals surface area contributed by atoms with Crippen molar-refractivity contribution in [2.24, 2.45) is 0 Å². The molecule has 1 aromatic heterocycles. The highest BCUT2D eigenvalue weighted by Crippen LogP contribution is 2.36. The summed E-state index contributed by atoms with van der Waals surface area (Å²) in [7, 11) is 3.04. The molecule has 0 unspecified atom stereocenters. The predicted octanol–water partition coefficient (Wildman–Crippen LogP) is 3.86. The number of morpholine rings is 1. The molecule has 4 rings (SSSR count). The highest BCUT2D eigenvalue weighted by molar-refractivity contribution is 8.00. The van der Waals surface area contributed by atoms with Gasteiger partial charge in [-0.25, -0.2) is 9.97 Å². The molecular formula is C23H25ClN4O4S. The van der Waals surface area contributed by atoms with Crippen LogP contribution in [0.3, 0.4) is 0 Å². The zero-order valence-corrected chi connectivity index (χ0v) is 20.0. The minimum Gasteiger partial charge on any atom is -0.495 e. The van der Waals surface area contributed by atoms with Crippen LogP contribution in [-0.4, -0.2) is 67.1 Å². The lowest BCUT2D eigenvalue weighted by Gasteiger charge is -2.25. The van der Waals surface area contributed by atoms with Crippen molar-refractivity contribution in [1.29, 1.82) is 0 Å². The molecule has 1 aliphatic rings. The van der Waals surface area contributed by atoms with Gasteiger partial charge in [-0.05, 0) is 6.07 Å². The number of benzene rings is 2. The quantitative estimate of drug-likeness (QED) is 0.378. The van der Waals surface area contributed by atoms with Gasteiger partial charge in [0.05, 0.1) is 56.0 Å². The number of fused-ring (bicyclic) bond motifs is 1. The van der Waals surface area contributed by atoms with Crippen LogP contribution in [0.5, 0.6) is 11.5 Å². The molecule has 1 N–H and O–H groups in total. The summed E-state index contributed by atoms with van der Waals surface area (Å²) in [5.41, 5.74) is 1.35. The number of methoxy groups -OCH3 is 2. The second-order valence-corrected chi connectivity index (χ2v) is 8.75. The van der Waals surface area contributed by atoms with E-state index in [0.717, 1.165) is 34.8 Å². The zero-order valence-electron chi connectivity index (χ0n) is 18.5. The summed E-state index contributed by atoms with van der Waals surface area (Å²) in [6, 6.07) is 11.1. The van der Waals surface area contributed by atoms with Crippen molar-refractivity contribution in [3.05, 3.63) is 47.2 Å². The average Bonchev–Trinajstić information content (AvgIpc) is 2.84. The number of carbonyl (C=O) groups excluding carboxylic acids is 1. The maximum Gasteiger partial charge on any atom is 0.234 e. The Hall–Kier alpha value is -2.59. The smallest absolute Gasteiger partial charge is 0.234 e. The molecule has 1 amide bonds. The SMILES string of the molecule is COc1cc(NC(=O)CSc2nc(CN3CCOCC3)nc3ccccc23)c(OC)cc1Cl. The number of ether oxygens (including phenoxy) is 3. The van der Waals surface area contributed by atoms with E-state index in [-0.39, 0.29) is 11.7 Å². The molecule has 3 aromatic rings. The first-order chi connectivity index (χ1) is 16.1. The second kappa shape index (κ2) is 11.0. The molecule has 0 radical (unpaired) electrons. The Morgan fingerprint density at radius 2 is 1.91 bits per heavy atom. The number of amides is 1. The summed E-state index contributed by atoms with van der Waals surface area (Å²) in [4.78, 5) is 24.5. The number of nitrogens with one attached hydrogen (secondary N) is 1. The van der Waals surface area contributed by atoms with Gasteiger partial charge in [0, 0.05) is 30.6 Å². The standard InChI is InChI=1S/C23H25ClN4O4S/c1-30-19-12-18(20(31-2)11-16(19)24)26-22(29)14-33-23-15-5-3-4-6-17(15)25-21(27-23)13-28-7-9-32-10-8-28/h3-6,11-12H,7-10,13-14H2,1-2H3,(H,26,29). The second-order valence-electron chi connectivity index (χ2n) is 7.37. The van der Waals surface area contributed by atoms with Gasteiger partial charge in [0.25, 0.3) is 0 Å². The molecule has 174 valence electrons. The van der Waals surface area contributed by atoms with Gasteiger partial charge in [-0.3, -0.25) is 9.69 Å². The van der Waals surface area contributed by atoms with Crippen LogP contribution in [0.15, 0.2) is 41.4 Å². The fourth-order valence-electron chi connectivity index (χ4n) is 3.51. The minimum absolute atomic E-state index is 0.173. The molecule has 1 saturated heterocycles. The number of aromatic nitrogens is 2. The molecule has 10 heteroatoms. The molecule has 33 heavy (non-hydrogen) atoms. The highest BCUT2D eigenvalue weighted by atomic mass is 35.5. The first kappa shape index (κ1) is 23.6. The number of hydrogen-bond donors (Lipinski definition) is 1. The van der Waals surface area contributed by atoms with Crippen molar-refractivity contribution in [2.75, 3.05) is 51.6 Å². The van der Waals surface area contributed by atoms with Gasteiger partial charge in [0.15, 0.2) is 0 Å². The van der Waals surface area contributed by atoms with E-state index < -0.39 is 0 Å². The number of hydrogen-bond acceptors (Lipinski definition) is 8. The van der Waals surface area contributed by atoms with Crippen molar-refractivity contribution < 1.29 is 19.0 Å². The molecule has 0 spiro atoms. The monoisotopic (exact) mass is 488 g/mol. The van der Waals surface area contributed by atoms with Gasteiger partial charge in [-0.15, -0.1) is 0 Å². The number of thioether (sulfide) groups is 1. The molecule has 2 aromatic carbocycles. The lowest BCUT2D eigenvalue weighted by Crippen LogP contribution is -2.36. The van der Waals surface area contributed by atoms with Crippen LogP contribution in [0.4, 0.5) is 5.69 Å². The lowest BCUT2D eigenvalue weighted by atomic mass is 10.2. The number of rotatable bonds is 8. The summed E-state index contributed by atoms with van der Waals surface area (Å²) < 4.78 is 16.0. The summed E-state index contributed by atoms with van der Waals surface area (Å²) in [5, 5.41) is 4.98. The molecule has 1 aliphatic heterocycles. The van der Waals surface area contributed by atoms with E-state index in [1.54, 1.807) is 12.1 Å². The number of para-hydroxylation sites is 1. The Balaban J connectivity index is 1.50. The fraction of sp³-hybridized carbons (Fsp3) is 0.348.